The molecule has 0 bridgehead atoms. The highest BCUT2D eigenvalue weighted by Gasteiger charge is 2.48. The molecule has 2 aliphatic rings. The number of carbonyl (C=O) groups excluding carboxylic acids is 1. The SMILES string of the molecule is C=C(/C=C\C/C(=C\C)C(F)(F)F)C1=NC2(CCC(C(C)(C)C)CC2)N(C)C1=O. The first-order valence-corrected chi connectivity index (χ1v) is 9.78. The van der Waals surface area contributed by atoms with Crippen molar-refractivity contribution in [1.29, 1.82) is 0 Å². The molecule has 1 aliphatic heterocycles. The third-order valence-corrected chi connectivity index (χ3v) is 6.14. The molecule has 1 amide bonds. The maximum Gasteiger partial charge on any atom is 0.412 e. The van der Waals surface area contributed by atoms with Crippen LogP contribution in [0.1, 0.15) is 59.8 Å². The van der Waals surface area contributed by atoms with Gasteiger partial charge in [0.15, 0.2) is 0 Å². The number of amides is 1. The van der Waals surface area contributed by atoms with Gasteiger partial charge in [-0.25, -0.2) is 0 Å². The number of carbonyl (C=O) groups is 1. The zero-order valence-corrected chi connectivity index (χ0v) is 17.5. The highest BCUT2D eigenvalue weighted by Crippen LogP contribution is 2.46. The van der Waals surface area contributed by atoms with Gasteiger partial charge >= 0.3 is 6.18 Å². The van der Waals surface area contributed by atoms with E-state index in [0.717, 1.165) is 31.8 Å². The largest absolute Gasteiger partial charge is 0.412 e. The van der Waals surface area contributed by atoms with Crippen LogP contribution in [0.2, 0.25) is 0 Å². The summed E-state index contributed by atoms with van der Waals surface area (Å²) in [4.78, 5) is 19.1. The number of alkyl halides is 3. The smallest absolute Gasteiger partial charge is 0.316 e. The van der Waals surface area contributed by atoms with Crippen molar-refractivity contribution in [2.75, 3.05) is 7.05 Å². The summed E-state index contributed by atoms with van der Waals surface area (Å²) in [6.07, 6.45) is 2.91. The summed E-state index contributed by atoms with van der Waals surface area (Å²) in [5, 5.41) is 0. The summed E-state index contributed by atoms with van der Waals surface area (Å²) < 4.78 is 38.4. The van der Waals surface area contributed by atoms with Gasteiger partial charge in [0.1, 0.15) is 11.4 Å². The Bertz CT molecular complexity index is 715. The molecule has 0 unspecified atom stereocenters. The first-order chi connectivity index (χ1) is 12.8. The molecule has 0 aromatic rings. The van der Waals surface area contributed by atoms with Crippen molar-refractivity contribution in [3.63, 3.8) is 0 Å². The van der Waals surface area contributed by atoms with E-state index in [1.165, 1.54) is 19.1 Å². The van der Waals surface area contributed by atoms with E-state index in [2.05, 4.69) is 27.4 Å². The zero-order chi connectivity index (χ0) is 21.3. The molecule has 3 nitrogen and oxygen atoms in total. The molecule has 28 heavy (non-hydrogen) atoms. The zero-order valence-electron chi connectivity index (χ0n) is 17.5. The van der Waals surface area contributed by atoms with Crippen LogP contribution in [-0.2, 0) is 4.79 Å². The minimum absolute atomic E-state index is 0.203. The van der Waals surface area contributed by atoms with Crippen LogP contribution in [-0.4, -0.2) is 35.4 Å². The van der Waals surface area contributed by atoms with Crippen LogP contribution in [0.5, 0.6) is 0 Å². The molecule has 1 heterocycles. The van der Waals surface area contributed by atoms with E-state index in [0.29, 0.717) is 11.5 Å². The molecule has 1 saturated carbocycles. The Hall–Kier alpha value is -1.85. The molecule has 156 valence electrons. The summed E-state index contributed by atoms with van der Waals surface area (Å²) in [5.41, 5.74) is -0.299. The Morgan fingerprint density at radius 1 is 1.29 bits per heavy atom. The number of nitrogens with zero attached hydrogens (tertiary/aromatic N) is 2. The Kier molecular flexibility index (Phi) is 6.31. The van der Waals surface area contributed by atoms with Gasteiger partial charge in [-0.3, -0.25) is 9.79 Å². The lowest BCUT2D eigenvalue weighted by molar-refractivity contribution is -0.127. The van der Waals surface area contributed by atoms with Gasteiger partial charge in [0.2, 0.25) is 0 Å². The second-order valence-corrected chi connectivity index (χ2v) is 8.89. The van der Waals surface area contributed by atoms with Gasteiger partial charge < -0.3 is 4.90 Å². The highest BCUT2D eigenvalue weighted by atomic mass is 19.4. The Morgan fingerprint density at radius 3 is 2.32 bits per heavy atom. The monoisotopic (exact) mass is 396 g/mol. The minimum atomic E-state index is -4.35. The molecule has 6 heteroatoms. The van der Waals surface area contributed by atoms with E-state index >= 15 is 0 Å². The number of hydrogen-bond acceptors (Lipinski definition) is 2. The number of allylic oxidation sites excluding steroid dienone is 4. The van der Waals surface area contributed by atoms with Crippen LogP contribution >= 0.6 is 0 Å². The molecule has 0 aromatic heterocycles. The van der Waals surface area contributed by atoms with Crippen molar-refractivity contribution >= 4 is 11.6 Å². The van der Waals surface area contributed by atoms with Crippen LogP contribution in [0.25, 0.3) is 0 Å². The molecular weight excluding hydrogens is 365 g/mol. The summed E-state index contributed by atoms with van der Waals surface area (Å²) in [6.45, 7) is 11.9. The van der Waals surface area contributed by atoms with Crippen LogP contribution < -0.4 is 0 Å². The normalized spacial score (nSPS) is 27.1. The van der Waals surface area contributed by atoms with Crippen molar-refractivity contribution in [3.8, 4) is 0 Å². The van der Waals surface area contributed by atoms with Crippen LogP contribution in [0, 0.1) is 11.3 Å². The minimum Gasteiger partial charge on any atom is -0.316 e. The molecule has 1 fully saturated rings. The lowest BCUT2D eigenvalue weighted by atomic mass is 9.69. The van der Waals surface area contributed by atoms with Crippen molar-refractivity contribution in [1.82, 2.24) is 4.90 Å². The van der Waals surface area contributed by atoms with Crippen molar-refractivity contribution < 1.29 is 18.0 Å². The standard InChI is InChI=1S/C22H31F3N2O/c1-7-16(22(23,24)25)10-8-9-15(2)18-19(28)27(6)21(26-18)13-11-17(12-14-21)20(3,4)5/h7-9,17H,2,10-14H2,1,3-6H3/b9-8-,16-7+. The molecule has 0 aromatic carbocycles. The molecule has 0 saturated heterocycles. The Morgan fingerprint density at radius 2 is 1.86 bits per heavy atom. The Labute approximate surface area is 166 Å². The van der Waals surface area contributed by atoms with Gasteiger partial charge in [0.05, 0.1) is 0 Å². The Balaban J connectivity index is 2.11. The predicted molar refractivity (Wildman–Crippen MR) is 107 cm³/mol. The molecule has 0 N–H and O–H groups in total. The molecule has 2 rings (SSSR count). The quantitative estimate of drug-likeness (QED) is 0.434. The summed E-state index contributed by atoms with van der Waals surface area (Å²) in [7, 11) is 1.76. The third kappa shape index (κ3) is 4.58. The predicted octanol–water partition coefficient (Wildman–Crippen LogP) is 5.84. The summed E-state index contributed by atoms with van der Waals surface area (Å²) >= 11 is 0. The summed E-state index contributed by atoms with van der Waals surface area (Å²) in [6, 6.07) is 0. The van der Waals surface area contributed by atoms with Crippen molar-refractivity contribution in [3.05, 3.63) is 36.0 Å². The number of rotatable bonds is 4. The fraction of sp³-hybridized carbons (Fsp3) is 0.636. The number of halogens is 3. The fourth-order valence-electron chi connectivity index (χ4n) is 4.09. The fourth-order valence-corrected chi connectivity index (χ4v) is 4.09. The van der Waals surface area contributed by atoms with E-state index in [4.69, 9.17) is 4.99 Å². The summed E-state index contributed by atoms with van der Waals surface area (Å²) in [5.74, 6) is 0.386. The van der Waals surface area contributed by atoms with E-state index in [9.17, 15) is 18.0 Å². The maximum atomic E-state index is 12.8. The lowest BCUT2D eigenvalue weighted by Crippen LogP contribution is -2.47. The van der Waals surface area contributed by atoms with Gasteiger partial charge in [0.25, 0.3) is 5.91 Å². The van der Waals surface area contributed by atoms with Crippen LogP contribution in [0.4, 0.5) is 13.2 Å². The van der Waals surface area contributed by atoms with E-state index in [1.54, 1.807) is 11.9 Å². The van der Waals surface area contributed by atoms with Crippen LogP contribution in [0.3, 0.4) is 0 Å². The lowest BCUT2D eigenvalue weighted by Gasteiger charge is -2.43. The average Bonchev–Trinajstić information content (AvgIpc) is 2.82. The van der Waals surface area contributed by atoms with E-state index < -0.39 is 17.4 Å². The number of hydrogen-bond donors (Lipinski definition) is 0. The first-order valence-electron chi connectivity index (χ1n) is 9.78. The van der Waals surface area contributed by atoms with Gasteiger partial charge in [-0.15, -0.1) is 0 Å². The maximum absolute atomic E-state index is 12.8. The van der Waals surface area contributed by atoms with Gasteiger partial charge in [-0.1, -0.05) is 45.6 Å². The van der Waals surface area contributed by atoms with Crippen molar-refractivity contribution in [2.45, 2.75) is 71.6 Å². The molecular formula is C22H31F3N2O. The molecule has 0 atom stereocenters. The molecule has 1 spiro atoms. The number of aliphatic imine (C=N–C) groups is 1. The topological polar surface area (TPSA) is 32.7 Å². The van der Waals surface area contributed by atoms with Gasteiger partial charge in [-0.2, -0.15) is 13.2 Å². The van der Waals surface area contributed by atoms with E-state index in [1.807, 2.05) is 0 Å². The molecule has 1 aliphatic carbocycles. The molecule has 0 radical (unpaired) electrons. The van der Waals surface area contributed by atoms with Crippen LogP contribution in [0.15, 0.2) is 40.9 Å². The first kappa shape index (κ1) is 22.4. The van der Waals surface area contributed by atoms with Crippen molar-refractivity contribution in [2.24, 2.45) is 16.3 Å². The van der Waals surface area contributed by atoms with E-state index in [-0.39, 0.29) is 23.5 Å². The second-order valence-electron chi connectivity index (χ2n) is 8.89. The van der Waals surface area contributed by atoms with Gasteiger partial charge in [-0.05, 0) is 55.9 Å². The third-order valence-electron chi connectivity index (χ3n) is 6.14. The second kappa shape index (κ2) is 7.88. The highest BCUT2D eigenvalue weighted by molar-refractivity contribution is 6.47. The average molecular weight is 396 g/mol. The van der Waals surface area contributed by atoms with Gasteiger partial charge in [0, 0.05) is 12.6 Å².